The topological polar surface area (TPSA) is 44.3 Å². The lowest BCUT2D eigenvalue weighted by atomic mass is 10.2. The van der Waals surface area contributed by atoms with Gasteiger partial charge >= 0.3 is 0 Å². The van der Waals surface area contributed by atoms with Crippen LogP contribution in [0.2, 0.25) is 0 Å². The van der Waals surface area contributed by atoms with E-state index >= 15 is 0 Å². The quantitative estimate of drug-likeness (QED) is 0.871. The van der Waals surface area contributed by atoms with Gasteiger partial charge in [-0.2, -0.15) is 0 Å². The number of aromatic nitrogens is 2. The number of nitrogens with one attached hydrogen (secondary N) is 1. The standard InChI is InChI=1S/C14H23N5/c1-11-10-18(2)5-6-19(11)14-9-15-7-13(17-14)8-16-12-3-4-12/h7,9,11-12,16H,3-6,8,10H2,1-2H3. The normalized spacial score (nSPS) is 24.7. The minimum atomic E-state index is 0.500. The number of rotatable bonds is 4. The second-order valence-corrected chi connectivity index (χ2v) is 5.83. The maximum absolute atomic E-state index is 4.75. The van der Waals surface area contributed by atoms with Crippen molar-refractivity contribution in [3.8, 4) is 0 Å². The van der Waals surface area contributed by atoms with Crippen LogP contribution in [0.1, 0.15) is 25.5 Å². The van der Waals surface area contributed by atoms with Crippen molar-refractivity contribution in [1.29, 1.82) is 0 Å². The van der Waals surface area contributed by atoms with E-state index in [4.69, 9.17) is 4.98 Å². The Kier molecular flexibility index (Phi) is 3.66. The maximum atomic E-state index is 4.75. The summed E-state index contributed by atoms with van der Waals surface area (Å²) in [6.45, 7) is 6.31. The van der Waals surface area contributed by atoms with E-state index in [9.17, 15) is 0 Å². The third-order valence-electron chi connectivity index (χ3n) is 3.95. The monoisotopic (exact) mass is 261 g/mol. The Hall–Kier alpha value is -1.20. The lowest BCUT2D eigenvalue weighted by molar-refractivity contribution is 0.274. The molecule has 1 aromatic rings. The van der Waals surface area contributed by atoms with Gasteiger partial charge in [-0.05, 0) is 26.8 Å². The molecule has 0 radical (unpaired) electrons. The molecule has 1 atom stereocenters. The molecule has 0 bridgehead atoms. The van der Waals surface area contributed by atoms with Crippen LogP contribution in [0.15, 0.2) is 12.4 Å². The van der Waals surface area contributed by atoms with E-state index in [2.05, 4.69) is 34.1 Å². The molecule has 1 saturated heterocycles. The number of anilines is 1. The third kappa shape index (κ3) is 3.22. The lowest BCUT2D eigenvalue weighted by Gasteiger charge is -2.38. The zero-order valence-electron chi connectivity index (χ0n) is 11.8. The molecule has 0 amide bonds. The Morgan fingerprint density at radius 1 is 1.32 bits per heavy atom. The second-order valence-electron chi connectivity index (χ2n) is 5.83. The van der Waals surface area contributed by atoms with E-state index in [1.807, 2.05) is 12.4 Å². The molecule has 5 nitrogen and oxygen atoms in total. The summed E-state index contributed by atoms with van der Waals surface area (Å²) >= 11 is 0. The molecule has 1 aromatic heterocycles. The van der Waals surface area contributed by atoms with Gasteiger partial charge in [0.05, 0.1) is 11.9 Å². The summed E-state index contributed by atoms with van der Waals surface area (Å²) in [5, 5.41) is 3.49. The number of hydrogen-bond acceptors (Lipinski definition) is 5. The molecular weight excluding hydrogens is 238 g/mol. The molecule has 1 saturated carbocycles. The molecule has 0 spiro atoms. The summed E-state index contributed by atoms with van der Waals surface area (Å²) in [4.78, 5) is 13.8. The fourth-order valence-corrected chi connectivity index (χ4v) is 2.63. The second kappa shape index (κ2) is 5.43. The third-order valence-corrected chi connectivity index (χ3v) is 3.95. The fourth-order valence-electron chi connectivity index (χ4n) is 2.63. The van der Waals surface area contributed by atoms with Crippen LogP contribution < -0.4 is 10.2 Å². The highest BCUT2D eigenvalue weighted by Gasteiger charge is 2.23. The first kappa shape index (κ1) is 12.8. The molecule has 0 aromatic carbocycles. The molecule has 2 aliphatic rings. The van der Waals surface area contributed by atoms with Crippen molar-refractivity contribution in [1.82, 2.24) is 20.2 Å². The summed E-state index contributed by atoms with van der Waals surface area (Å²) < 4.78 is 0. The first-order chi connectivity index (χ1) is 9.22. The fraction of sp³-hybridized carbons (Fsp3) is 0.714. The zero-order valence-corrected chi connectivity index (χ0v) is 11.8. The average Bonchev–Trinajstić information content (AvgIpc) is 3.21. The van der Waals surface area contributed by atoms with Crippen molar-refractivity contribution in [3.05, 3.63) is 18.1 Å². The van der Waals surface area contributed by atoms with Crippen molar-refractivity contribution in [3.63, 3.8) is 0 Å². The molecule has 104 valence electrons. The minimum absolute atomic E-state index is 0.500. The van der Waals surface area contributed by atoms with Crippen LogP contribution in [0.25, 0.3) is 0 Å². The van der Waals surface area contributed by atoms with Crippen LogP contribution >= 0.6 is 0 Å². The van der Waals surface area contributed by atoms with Gasteiger partial charge in [-0.15, -0.1) is 0 Å². The van der Waals surface area contributed by atoms with Crippen molar-refractivity contribution < 1.29 is 0 Å². The SMILES string of the molecule is CC1CN(C)CCN1c1cncc(CNC2CC2)n1. The molecule has 1 aliphatic heterocycles. The molecule has 2 fully saturated rings. The van der Waals surface area contributed by atoms with Crippen LogP contribution in [-0.4, -0.2) is 53.6 Å². The average molecular weight is 261 g/mol. The number of likely N-dealkylation sites (N-methyl/N-ethyl adjacent to an activating group) is 1. The van der Waals surface area contributed by atoms with E-state index in [-0.39, 0.29) is 0 Å². The molecule has 1 unspecified atom stereocenters. The predicted octanol–water partition coefficient (Wildman–Crippen LogP) is 0.869. The zero-order chi connectivity index (χ0) is 13.2. The molecule has 1 N–H and O–H groups in total. The Balaban J connectivity index is 1.67. The summed E-state index contributed by atoms with van der Waals surface area (Å²) in [6.07, 6.45) is 6.38. The van der Waals surface area contributed by atoms with Crippen LogP contribution in [-0.2, 0) is 6.54 Å². The van der Waals surface area contributed by atoms with E-state index in [1.165, 1.54) is 12.8 Å². The Bertz CT molecular complexity index is 432. The summed E-state index contributed by atoms with van der Waals surface area (Å²) in [7, 11) is 2.18. The number of hydrogen-bond donors (Lipinski definition) is 1. The summed E-state index contributed by atoms with van der Waals surface area (Å²) in [6, 6.07) is 1.22. The first-order valence-electron chi connectivity index (χ1n) is 7.22. The van der Waals surface area contributed by atoms with Gasteiger partial charge in [0.15, 0.2) is 0 Å². The van der Waals surface area contributed by atoms with Gasteiger partial charge in [0.25, 0.3) is 0 Å². The van der Waals surface area contributed by atoms with Crippen LogP contribution in [0, 0.1) is 0 Å². The van der Waals surface area contributed by atoms with Gasteiger partial charge in [-0.3, -0.25) is 4.98 Å². The molecule has 3 rings (SSSR count). The van der Waals surface area contributed by atoms with Crippen molar-refractivity contribution >= 4 is 5.82 Å². The van der Waals surface area contributed by atoms with Gasteiger partial charge in [-0.1, -0.05) is 0 Å². The lowest BCUT2D eigenvalue weighted by Crippen LogP contribution is -2.50. The Morgan fingerprint density at radius 2 is 2.16 bits per heavy atom. The molecule has 19 heavy (non-hydrogen) atoms. The van der Waals surface area contributed by atoms with Crippen LogP contribution in [0.3, 0.4) is 0 Å². The van der Waals surface area contributed by atoms with Crippen LogP contribution in [0.4, 0.5) is 5.82 Å². The van der Waals surface area contributed by atoms with Gasteiger partial charge < -0.3 is 15.1 Å². The van der Waals surface area contributed by atoms with E-state index < -0.39 is 0 Å². The largest absolute Gasteiger partial charge is 0.350 e. The smallest absolute Gasteiger partial charge is 0.147 e. The van der Waals surface area contributed by atoms with E-state index in [0.29, 0.717) is 12.1 Å². The molecule has 2 heterocycles. The van der Waals surface area contributed by atoms with Crippen molar-refractivity contribution in [2.75, 3.05) is 31.6 Å². The minimum Gasteiger partial charge on any atom is -0.350 e. The van der Waals surface area contributed by atoms with Crippen LogP contribution in [0.5, 0.6) is 0 Å². The summed E-state index contributed by atoms with van der Waals surface area (Å²) in [5.41, 5.74) is 1.05. The number of nitrogens with zero attached hydrogens (tertiary/aromatic N) is 4. The Morgan fingerprint density at radius 3 is 2.89 bits per heavy atom. The molecule has 5 heteroatoms. The predicted molar refractivity (Wildman–Crippen MR) is 76.2 cm³/mol. The highest BCUT2D eigenvalue weighted by Crippen LogP contribution is 2.20. The highest BCUT2D eigenvalue weighted by molar-refractivity contribution is 5.38. The van der Waals surface area contributed by atoms with Gasteiger partial charge in [0.2, 0.25) is 0 Å². The van der Waals surface area contributed by atoms with Crippen molar-refractivity contribution in [2.24, 2.45) is 0 Å². The maximum Gasteiger partial charge on any atom is 0.147 e. The number of piperazine rings is 1. The Labute approximate surface area is 115 Å². The molecule has 1 aliphatic carbocycles. The first-order valence-corrected chi connectivity index (χ1v) is 7.22. The van der Waals surface area contributed by atoms with E-state index in [1.54, 1.807) is 0 Å². The van der Waals surface area contributed by atoms with Gasteiger partial charge in [0.1, 0.15) is 5.82 Å². The summed E-state index contributed by atoms with van der Waals surface area (Å²) in [5.74, 6) is 1.02. The highest BCUT2D eigenvalue weighted by atomic mass is 15.3. The molecular formula is C14H23N5. The van der Waals surface area contributed by atoms with Gasteiger partial charge in [0, 0.05) is 44.5 Å². The van der Waals surface area contributed by atoms with E-state index in [0.717, 1.165) is 37.7 Å². The van der Waals surface area contributed by atoms with Crippen molar-refractivity contribution in [2.45, 2.75) is 38.4 Å². The van der Waals surface area contributed by atoms with Gasteiger partial charge in [-0.25, -0.2) is 4.98 Å².